The summed E-state index contributed by atoms with van der Waals surface area (Å²) in [5, 5.41) is 8.79. The van der Waals surface area contributed by atoms with E-state index >= 15 is 0 Å². The van der Waals surface area contributed by atoms with E-state index in [1.807, 2.05) is 0 Å². The van der Waals surface area contributed by atoms with E-state index in [4.69, 9.17) is 9.84 Å². The number of hydrogen-bond acceptors (Lipinski definition) is 2. The van der Waals surface area contributed by atoms with E-state index in [2.05, 4.69) is 13.8 Å². The summed E-state index contributed by atoms with van der Waals surface area (Å²) < 4.78 is 18.6. The van der Waals surface area contributed by atoms with Crippen molar-refractivity contribution in [3.8, 4) is 5.75 Å². The monoisotopic (exact) mass is 226 g/mol. The molecule has 0 bridgehead atoms. The lowest BCUT2D eigenvalue weighted by Crippen LogP contribution is -2.02. The first-order chi connectivity index (χ1) is 7.61. The number of rotatable bonds is 6. The molecule has 0 spiro atoms. The highest BCUT2D eigenvalue weighted by atomic mass is 19.1. The van der Waals surface area contributed by atoms with Crippen LogP contribution in [0, 0.1) is 11.7 Å². The largest absolute Gasteiger partial charge is 0.493 e. The van der Waals surface area contributed by atoms with Crippen molar-refractivity contribution in [2.45, 2.75) is 26.7 Å². The van der Waals surface area contributed by atoms with Gasteiger partial charge in [0.2, 0.25) is 0 Å². The van der Waals surface area contributed by atoms with Gasteiger partial charge in [-0.1, -0.05) is 13.8 Å². The first-order valence-electron chi connectivity index (χ1n) is 5.65. The molecule has 0 unspecified atom stereocenters. The number of aliphatic hydroxyl groups excluding tert-OH is 1. The van der Waals surface area contributed by atoms with E-state index in [0.29, 0.717) is 24.7 Å². The molecule has 0 radical (unpaired) electrons. The van der Waals surface area contributed by atoms with Gasteiger partial charge in [-0.2, -0.15) is 0 Å². The Labute approximate surface area is 96.1 Å². The van der Waals surface area contributed by atoms with Crippen LogP contribution in [0.1, 0.15) is 25.8 Å². The third-order valence-corrected chi connectivity index (χ3v) is 2.30. The molecule has 0 saturated heterocycles. The van der Waals surface area contributed by atoms with E-state index in [9.17, 15) is 4.39 Å². The lowest BCUT2D eigenvalue weighted by molar-refractivity contribution is 0.286. The molecule has 90 valence electrons. The summed E-state index contributed by atoms with van der Waals surface area (Å²) in [4.78, 5) is 0. The zero-order chi connectivity index (χ0) is 12.0. The van der Waals surface area contributed by atoms with Crippen LogP contribution >= 0.6 is 0 Å². The summed E-state index contributed by atoms with van der Waals surface area (Å²) in [6, 6.07) is 4.58. The Kier molecular flexibility index (Phi) is 5.26. The lowest BCUT2D eigenvalue weighted by Gasteiger charge is -2.09. The van der Waals surface area contributed by atoms with E-state index in [-0.39, 0.29) is 12.4 Å². The second-order valence-corrected chi connectivity index (χ2v) is 4.30. The van der Waals surface area contributed by atoms with Gasteiger partial charge in [-0.05, 0) is 36.5 Å². The van der Waals surface area contributed by atoms with Crippen molar-refractivity contribution < 1.29 is 14.2 Å². The maximum Gasteiger partial charge on any atom is 0.127 e. The van der Waals surface area contributed by atoms with Gasteiger partial charge < -0.3 is 9.84 Å². The van der Waals surface area contributed by atoms with E-state index in [0.717, 1.165) is 12.0 Å². The first-order valence-corrected chi connectivity index (χ1v) is 5.65. The van der Waals surface area contributed by atoms with Crippen molar-refractivity contribution in [1.29, 1.82) is 0 Å². The van der Waals surface area contributed by atoms with Crippen LogP contribution in [-0.4, -0.2) is 18.3 Å². The Morgan fingerprint density at radius 3 is 2.69 bits per heavy atom. The van der Waals surface area contributed by atoms with Gasteiger partial charge in [0.15, 0.2) is 0 Å². The molecule has 0 aliphatic carbocycles. The van der Waals surface area contributed by atoms with Gasteiger partial charge in [-0.15, -0.1) is 0 Å². The topological polar surface area (TPSA) is 29.5 Å². The van der Waals surface area contributed by atoms with Crippen LogP contribution < -0.4 is 4.74 Å². The molecule has 1 N–H and O–H groups in total. The smallest absolute Gasteiger partial charge is 0.127 e. The molecular formula is C13H19FO2. The third kappa shape index (κ3) is 4.62. The number of ether oxygens (including phenoxy) is 1. The van der Waals surface area contributed by atoms with Gasteiger partial charge in [0.05, 0.1) is 6.61 Å². The second-order valence-electron chi connectivity index (χ2n) is 4.30. The fourth-order valence-corrected chi connectivity index (χ4v) is 1.39. The van der Waals surface area contributed by atoms with Crippen molar-refractivity contribution in [2.24, 2.45) is 5.92 Å². The van der Waals surface area contributed by atoms with Crippen molar-refractivity contribution in [1.82, 2.24) is 0 Å². The second kappa shape index (κ2) is 6.48. The predicted octanol–water partition coefficient (Wildman–Crippen LogP) is 2.79. The molecule has 2 nitrogen and oxygen atoms in total. The molecule has 1 rings (SSSR count). The average molecular weight is 226 g/mol. The average Bonchev–Trinajstić information content (AvgIpc) is 2.16. The molecule has 0 fully saturated rings. The highest BCUT2D eigenvalue weighted by molar-refractivity contribution is 5.29. The standard InChI is InChI=1S/C13H19FO2/c1-10(2)4-6-16-13-8-11(3-5-15)7-12(14)9-13/h7-10,15H,3-6H2,1-2H3. The fourth-order valence-electron chi connectivity index (χ4n) is 1.39. The summed E-state index contributed by atoms with van der Waals surface area (Å²) in [6.45, 7) is 4.85. The van der Waals surface area contributed by atoms with Crippen LogP contribution in [-0.2, 0) is 6.42 Å². The number of benzene rings is 1. The van der Waals surface area contributed by atoms with Crippen LogP contribution in [0.3, 0.4) is 0 Å². The van der Waals surface area contributed by atoms with Crippen LogP contribution in [0.25, 0.3) is 0 Å². The molecule has 3 heteroatoms. The van der Waals surface area contributed by atoms with Crippen molar-refractivity contribution in [2.75, 3.05) is 13.2 Å². The highest BCUT2D eigenvalue weighted by Crippen LogP contribution is 2.17. The molecule has 0 saturated carbocycles. The van der Waals surface area contributed by atoms with Crippen LogP contribution in [0.5, 0.6) is 5.75 Å². The summed E-state index contributed by atoms with van der Waals surface area (Å²) in [6.07, 6.45) is 1.41. The van der Waals surface area contributed by atoms with E-state index in [1.54, 1.807) is 6.07 Å². The normalized spacial score (nSPS) is 10.8. The first kappa shape index (κ1) is 13.0. The maximum absolute atomic E-state index is 13.2. The molecule has 0 heterocycles. The van der Waals surface area contributed by atoms with Gasteiger partial charge in [0, 0.05) is 12.7 Å². The van der Waals surface area contributed by atoms with Gasteiger partial charge >= 0.3 is 0 Å². The number of halogens is 1. The Hall–Kier alpha value is -1.09. The summed E-state index contributed by atoms with van der Waals surface area (Å²) >= 11 is 0. The zero-order valence-electron chi connectivity index (χ0n) is 9.87. The molecule has 0 aromatic heterocycles. The van der Waals surface area contributed by atoms with Crippen LogP contribution in [0.15, 0.2) is 18.2 Å². The minimum absolute atomic E-state index is 0.0227. The van der Waals surface area contributed by atoms with Gasteiger partial charge in [-0.25, -0.2) is 4.39 Å². The minimum Gasteiger partial charge on any atom is -0.493 e. The molecule has 0 amide bonds. The number of hydrogen-bond donors (Lipinski definition) is 1. The van der Waals surface area contributed by atoms with Crippen LogP contribution in [0.2, 0.25) is 0 Å². The maximum atomic E-state index is 13.2. The Balaban J connectivity index is 2.58. The summed E-state index contributed by atoms with van der Waals surface area (Å²) in [7, 11) is 0. The Morgan fingerprint density at radius 1 is 1.31 bits per heavy atom. The quantitative estimate of drug-likeness (QED) is 0.808. The summed E-state index contributed by atoms with van der Waals surface area (Å²) in [5.41, 5.74) is 0.766. The van der Waals surface area contributed by atoms with E-state index in [1.165, 1.54) is 12.1 Å². The molecule has 1 aromatic rings. The molecule has 0 aliphatic heterocycles. The SMILES string of the molecule is CC(C)CCOc1cc(F)cc(CCO)c1. The van der Waals surface area contributed by atoms with Crippen molar-refractivity contribution >= 4 is 0 Å². The van der Waals surface area contributed by atoms with Crippen molar-refractivity contribution in [3.63, 3.8) is 0 Å². The van der Waals surface area contributed by atoms with Crippen molar-refractivity contribution in [3.05, 3.63) is 29.6 Å². The Bertz CT molecular complexity index is 324. The highest BCUT2D eigenvalue weighted by Gasteiger charge is 2.02. The fraction of sp³-hybridized carbons (Fsp3) is 0.538. The molecule has 0 aliphatic rings. The van der Waals surface area contributed by atoms with E-state index < -0.39 is 0 Å². The number of aliphatic hydroxyl groups is 1. The molecule has 0 atom stereocenters. The third-order valence-electron chi connectivity index (χ3n) is 2.30. The zero-order valence-corrected chi connectivity index (χ0v) is 9.87. The summed E-state index contributed by atoms with van der Waals surface area (Å²) in [5.74, 6) is 0.806. The van der Waals surface area contributed by atoms with Gasteiger partial charge in [-0.3, -0.25) is 0 Å². The molecular weight excluding hydrogens is 207 g/mol. The molecule has 16 heavy (non-hydrogen) atoms. The Morgan fingerprint density at radius 2 is 2.06 bits per heavy atom. The predicted molar refractivity (Wildman–Crippen MR) is 62.1 cm³/mol. The minimum atomic E-state index is -0.314. The van der Waals surface area contributed by atoms with Gasteiger partial charge in [0.1, 0.15) is 11.6 Å². The van der Waals surface area contributed by atoms with Gasteiger partial charge in [0.25, 0.3) is 0 Å². The van der Waals surface area contributed by atoms with Crippen LogP contribution in [0.4, 0.5) is 4.39 Å². The molecule has 1 aromatic carbocycles. The lowest BCUT2D eigenvalue weighted by atomic mass is 10.1.